The minimum absolute atomic E-state index is 0.177. The number of imidazole rings is 1. The van der Waals surface area contributed by atoms with E-state index in [2.05, 4.69) is 10.3 Å². The van der Waals surface area contributed by atoms with Crippen molar-refractivity contribution in [3.8, 4) is 0 Å². The summed E-state index contributed by atoms with van der Waals surface area (Å²) in [6, 6.07) is 12.3. The van der Waals surface area contributed by atoms with Gasteiger partial charge in [0.15, 0.2) is 5.78 Å². The molecule has 2 heterocycles. The van der Waals surface area contributed by atoms with Crippen LogP contribution in [0.5, 0.6) is 0 Å². The molecule has 0 aliphatic carbocycles. The maximum Gasteiger partial charge on any atom is 0.232 e. The predicted molar refractivity (Wildman–Crippen MR) is 79.2 cm³/mol. The van der Waals surface area contributed by atoms with Gasteiger partial charge < -0.3 is 9.72 Å². The molecule has 0 atom stereocenters. The van der Waals surface area contributed by atoms with Gasteiger partial charge in [0, 0.05) is 35.9 Å². The summed E-state index contributed by atoms with van der Waals surface area (Å²) in [6.07, 6.45) is 5.13. The molecule has 1 aromatic carbocycles. The van der Waals surface area contributed by atoms with Gasteiger partial charge in [-0.2, -0.15) is 0 Å². The first-order valence-corrected chi connectivity index (χ1v) is 6.53. The van der Waals surface area contributed by atoms with Crippen LogP contribution in [0.2, 0.25) is 0 Å². The van der Waals surface area contributed by atoms with Crippen LogP contribution in [0, 0.1) is 0 Å². The largest absolute Gasteiger partial charge is 0.326 e. The van der Waals surface area contributed by atoms with E-state index < -0.39 is 0 Å². The lowest BCUT2D eigenvalue weighted by molar-refractivity contribution is -0.115. The van der Waals surface area contributed by atoms with Crippen LogP contribution in [0.4, 0.5) is 5.69 Å². The topological polar surface area (TPSA) is 63.5 Å². The van der Waals surface area contributed by atoms with Gasteiger partial charge in [-0.05, 0) is 6.07 Å². The van der Waals surface area contributed by atoms with Crippen molar-refractivity contribution in [1.82, 2.24) is 9.38 Å². The second-order valence-electron chi connectivity index (χ2n) is 4.62. The first-order chi connectivity index (χ1) is 10.2. The molecule has 1 N–H and O–H groups in total. The number of hydrogen-bond acceptors (Lipinski definition) is 3. The number of amides is 1. The molecule has 0 saturated heterocycles. The van der Waals surface area contributed by atoms with Gasteiger partial charge in [0.2, 0.25) is 5.91 Å². The number of carbonyl (C=O) groups is 2. The number of ketones is 1. The maximum atomic E-state index is 11.9. The van der Waals surface area contributed by atoms with Crippen molar-refractivity contribution in [2.24, 2.45) is 0 Å². The second-order valence-corrected chi connectivity index (χ2v) is 4.62. The molecule has 5 heteroatoms. The monoisotopic (exact) mass is 279 g/mol. The average molecular weight is 279 g/mol. The van der Waals surface area contributed by atoms with E-state index in [0.717, 1.165) is 5.65 Å². The van der Waals surface area contributed by atoms with E-state index in [4.69, 9.17) is 0 Å². The molecule has 0 bridgehead atoms. The fourth-order valence-electron chi connectivity index (χ4n) is 2.07. The van der Waals surface area contributed by atoms with Crippen LogP contribution in [0.1, 0.15) is 16.8 Å². The number of fused-ring (bicyclic) bond motifs is 1. The Bertz CT molecular complexity index is 793. The van der Waals surface area contributed by atoms with E-state index in [1.165, 1.54) is 0 Å². The highest BCUT2D eigenvalue weighted by Crippen LogP contribution is 2.11. The standard InChI is InChI=1S/C16H13N3O2/c20-14(12-4-2-1-3-5-12)11-16(21)18-13-6-8-19-9-7-17-15(19)10-13/h1-10H,11H2,(H,18,21). The summed E-state index contributed by atoms with van der Waals surface area (Å²) in [6.45, 7) is 0. The van der Waals surface area contributed by atoms with E-state index in [1.807, 2.05) is 16.7 Å². The Kier molecular flexibility index (Phi) is 3.47. The van der Waals surface area contributed by atoms with Gasteiger partial charge in [-0.1, -0.05) is 30.3 Å². The molecular formula is C16H13N3O2. The molecule has 5 nitrogen and oxygen atoms in total. The molecule has 0 radical (unpaired) electrons. The number of anilines is 1. The van der Waals surface area contributed by atoms with Crippen LogP contribution in [-0.2, 0) is 4.79 Å². The molecule has 3 rings (SSSR count). The number of rotatable bonds is 4. The summed E-state index contributed by atoms with van der Waals surface area (Å²) >= 11 is 0. The fourth-order valence-corrected chi connectivity index (χ4v) is 2.07. The van der Waals surface area contributed by atoms with Crippen LogP contribution < -0.4 is 5.32 Å². The predicted octanol–water partition coefficient (Wildman–Crippen LogP) is 2.55. The van der Waals surface area contributed by atoms with Gasteiger partial charge >= 0.3 is 0 Å². The number of nitrogens with zero attached hydrogens (tertiary/aromatic N) is 2. The van der Waals surface area contributed by atoms with E-state index in [-0.39, 0.29) is 18.1 Å². The molecule has 21 heavy (non-hydrogen) atoms. The number of carbonyl (C=O) groups excluding carboxylic acids is 2. The van der Waals surface area contributed by atoms with Gasteiger partial charge in [0.25, 0.3) is 0 Å². The number of aromatic nitrogens is 2. The van der Waals surface area contributed by atoms with Crippen LogP contribution >= 0.6 is 0 Å². The Labute approximate surface area is 121 Å². The molecule has 1 amide bonds. The summed E-state index contributed by atoms with van der Waals surface area (Å²) in [7, 11) is 0. The van der Waals surface area contributed by atoms with Gasteiger partial charge in [-0.15, -0.1) is 0 Å². The third kappa shape index (κ3) is 2.97. The summed E-state index contributed by atoms with van der Waals surface area (Å²) in [5.41, 5.74) is 1.90. The molecule has 104 valence electrons. The van der Waals surface area contributed by atoms with Crippen LogP contribution in [0.3, 0.4) is 0 Å². The summed E-state index contributed by atoms with van der Waals surface area (Å²) in [5, 5.41) is 2.71. The smallest absolute Gasteiger partial charge is 0.232 e. The third-order valence-electron chi connectivity index (χ3n) is 3.10. The number of hydrogen-bond donors (Lipinski definition) is 1. The molecule has 0 saturated carbocycles. The van der Waals surface area contributed by atoms with Crippen molar-refractivity contribution >= 4 is 23.0 Å². The highest BCUT2D eigenvalue weighted by molar-refractivity contribution is 6.11. The van der Waals surface area contributed by atoms with Crippen molar-refractivity contribution in [2.75, 3.05) is 5.32 Å². The zero-order valence-corrected chi connectivity index (χ0v) is 11.2. The van der Waals surface area contributed by atoms with Crippen molar-refractivity contribution < 1.29 is 9.59 Å². The number of pyridine rings is 1. The fraction of sp³-hybridized carbons (Fsp3) is 0.0625. The molecule has 0 fully saturated rings. The van der Waals surface area contributed by atoms with E-state index >= 15 is 0 Å². The molecule has 3 aromatic rings. The summed E-state index contributed by atoms with van der Waals surface area (Å²) in [5.74, 6) is -0.533. The highest BCUT2D eigenvalue weighted by Gasteiger charge is 2.11. The quantitative estimate of drug-likeness (QED) is 0.589. The van der Waals surface area contributed by atoms with Crippen molar-refractivity contribution in [3.05, 3.63) is 66.6 Å². The summed E-state index contributed by atoms with van der Waals surface area (Å²) in [4.78, 5) is 28.0. The maximum absolute atomic E-state index is 11.9. The Hall–Kier alpha value is -2.95. The molecule has 2 aromatic heterocycles. The van der Waals surface area contributed by atoms with Gasteiger partial charge in [0.05, 0.1) is 6.42 Å². The van der Waals surface area contributed by atoms with E-state index in [1.54, 1.807) is 48.8 Å². The molecule has 0 aliphatic rings. The van der Waals surface area contributed by atoms with Crippen molar-refractivity contribution in [1.29, 1.82) is 0 Å². The Morgan fingerprint density at radius 3 is 2.71 bits per heavy atom. The van der Waals surface area contributed by atoms with Gasteiger partial charge in [-0.25, -0.2) is 4.98 Å². The number of nitrogens with one attached hydrogen (secondary N) is 1. The minimum Gasteiger partial charge on any atom is -0.326 e. The molecular weight excluding hydrogens is 266 g/mol. The first-order valence-electron chi connectivity index (χ1n) is 6.53. The second kappa shape index (κ2) is 5.58. The summed E-state index contributed by atoms with van der Waals surface area (Å²) < 4.78 is 1.84. The Morgan fingerprint density at radius 1 is 1.10 bits per heavy atom. The number of benzene rings is 1. The van der Waals surface area contributed by atoms with Gasteiger partial charge in [-0.3, -0.25) is 9.59 Å². The van der Waals surface area contributed by atoms with Crippen LogP contribution in [-0.4, -0.2) is 21.1 Å². The van der Waals surface area contributed by atoms with Crippen LogP contribution in [0.25, 0.3) is 5.65 Å². The van der Waals surface area contributed by atoms with Crippen molar-refractivity contribution in [2.45, 2.75) is 6.42 Å². The number of Topliss-reactive ketones (excluding diaryl/α,β-unsaturated/α-hetero) is 1. The zero-order valence-electron chi connectivity index (χ0n) is 11.2. The SMILES string of the molecule is O=C(CC(=O)c1ccccc1)Nc1ccn2ccnc2c1. The third-order valence-corrected chi connectivity index (χ3v) is 3.10. The van der Waals surface area contributed by atoms with Crippen molar-refractivity contribution in [3.63, 3.8) is 0 Å². The minimum atomic E-state index is -0.334. The Morgan fingerprint density at radius 2 is 1.90 bits per heavy atom. The first kappa shape index (κ1) is 13.1. The van der Waals surface area contributed by atoms with Crippen LogP contribution in [0.15, 0.2) is 61.1 Å². The van der Waals surface area contributed by atoms with E-state index in [0.29, 0.717) is 11.3 Å². The lowest BCUT2D eigenvalue weighted by Crippen LogP contribution is -2.16. The van der Waals surface area contributed by atoms with Gasteiger partial charge in [0.1, 0.15) is 5.65 Å². The average Bonchev–Trinajstić information content (AvgIpc) is 2.95. The lowest BCUT2D eigenvalue weighted by Gasteiger charge is -2.05. The Balaban J connectivity index is 1.67. The lowest BCUT2D eigenvalue weighted by atomic mass is 10.1. The van der Waals surface area contributed by atoms with E-state index in [9.17, 15) is 9.59 Å². The highest BCUT2D eigenvalue weighted by atomic mass is 16.2. The molecule has 0 spiro atoms. The molecule has 0 aliphatic heterocycles. The molecule has 0 unspecified atom stereocenters. The zero-order chi connectivity index (χ0) is 14.7. The normalized spacial score (nSPS) is 10.5.